The Bertz CT molecular complexity index is 107. The van der Waals surface area contributed by atoms with Gasteiger partial charge in [-0.25, -0.2) is 0 Å². The first-order valence-electron chi connectivity index (χ1n) is 5.08. The number of hydrogen-bond acceptors (Lipinski definition) is 3. The largest absolute Gasteiger partial charge is 0.392 e. The van der Waals surface area contributed by atoms with Crippen LogP contribution in [-0.4, -0.2) is 38.0 Å². The third-order valence-electron chi connectivity index (χ3n) is 2.18. The smallest absolute Gasteiger partial charge is 0.0636 e. The Morgan fingerprint density at radius 2 is 2.08 bits per heavy atom. The summed E-state index contributed by atoms with van der Waals surface area (Å²) in [6.07, 6.45) is 2.01. The minimum absolute atomic E-state index is 0.250. The molecule has 0 rings (SSSR count). The van der Waals surface area contributed by atoms with E-state index < -0.39 is 0 Å². The highest BCUT2D eigenvalue weighted by atomic mass is 16.5. The fraction of sp³-hybridized carbons (Fsp3) is 1.00. The van der Waals surface area contributed by atoms with Gasteiger partial charge in [-0.2, -0.15) is 0 Å². The number of nitrogens with one attached hydrogen (secondary N) is 1. The summed E-state index contributed by atoms with van der Waals surface area (Å²) in [5, 5.41) is 12.3. The molecule has 0 amide bonds. The van der Waals surface area contributed by atoms with Gasteiger partial charge in [0.25, 0.3) is 0 Å². The van der Waals surface area contributed by atoms with Gasteiger partial charge in [-0.1, -0.05) is 13.3 Å². The highest BCUT2D eigenvalue weighted by molar-refractivity contribution is 4.62. The van der Waals surface area contributed by atoms with Gasteiger partial charge < -0.3 is 15.2 Å². The van der Waals surface area contributed by atoms with Gasteiger partial charge in [-0.05, 0) is 25.8 Å². The maximum atomic E-state index is 9.03. The van der Waals surface area contributed by atoms with Crippen molar-refractivity contribution in [3.05, 3.63) is 0 Å². The van der Waals surface area contributed by atoms with E-state index in [1.54, 1.807) is 14.0 Å². The molecule has 0 bridgehead atoms. The quantitative estimate of drug-likeness (QED) is 0.599. The summed E-state index contributed by atoms with van der Waals surface area (Å²) in [7, 11) is 1.73. The first-order chi connectivity index (χ1) is 6.20. The zero-order chi connectivity index (χ0) is 10.1. The Morgan fingerprint density at radius 3 is 2.54 bits per heavy atom. The number of methoxy groups -OCH3 is 1. The zero-order valence-corrected chi connectivity index (χ0v) is 9.05. The van der Waals surface area contributed by atoms with E-state index in [2.05, 4.69) is 12.2 Å². The monoisotopic (exact) mass is 189 g/mol. The molecule has 2 N–H and O–H groups in total. The van der Waals surface area contributed by atoms with Crippen LogP contribution in [0.4, 0.5) is 0 Å². The second kappa shape index (κ2) is 8.48. The normalized spacial score (nSPS) is 15.7. The second-order valence-corrected chi connectivity index (χ2v) is 3.56. The van der Waals surface area contributed by atoms with Gasteiger partial charge in [-0.3, -0.25) is 0 Å². The van der Waals surface area contributed by atoms with Crippen LogP contribution >= 0.6 is 0 Å². The summed E-state index contributed by atoms with van der Waals surface area (Å²) in [6.45, 7) is 6.47. The minimum Gasteiger partial charge on any atom is -0.392 e. The van der Waals surface area contributed by atoms with Crippen LogP contribution < -0.4 is 5.32 Å². The lowest BCUT2D eigenvalue weighted by Crippen LogP contribution is -2.29. The Morgan fingerprint density at radius 1 is 1.38 bits per heavy atom. The lowest BCUT2D eigenvalue weighted by atomic mass is 10.0. The molecule has 0 aliphatic carbocycles. The second-order valence-electron chi connectivity index (χ2n) is 3.56. The van der Waals surface area contributed by atoms with Crippen molar-refractivity contribution in [3.63, 3.8) is 0 Å². The molecule has 0 saturated carbocycles. The first-order valence-corrected chi connectivity index (χ1v) is 5.08. The van der Waals surface area contributed by atoms with Crippen LogP contribution in [0.3, 0.4) is 0 Å². The molecule has 0 aliphatic rings. The third-order valence-corrected chi connectivity index (χ3v) is 2.18. The van der Waals surface area contributed by atoms with E-state index in [9.17, 15) is 0 Å². The highest BCUT2D eigenvalue weighted by Crippen LogP contribution is 2.06. The molecule has 0 spiro atoms. The molecule has 0 saturated heterocycles. The van der Waals surface area contributed by atoms with Gasteiger partial charge in [0.2, 0.25) is 0 Å². The molecule has 13 heavy (non-hydrogen) atoms. The molecule has 3 nitrogen and oxygen atoms in total. The van der Waals surface area contributed by atoms with Crippen LogP contribution in [-0.2, 0) is 4.74 Å². The summed E-state index contributed by atoms with van der Waals surface area (Å²) < 4.78 is 5.02. The molecule has 0 aromatic rings. The molecular formula is C10H23NO2. The standard InChI is InChI=1S/C10H23NO2/c1-4-10(5-6-13-3)8-11-7-9(2)12/h9-12H,4-8H2,1-3H3/t9-,10-/m0/s1. The fourth-order valence-corrected chi connectivity index (χ4v) is 1.23. The highest BCUT2D eigenvalue weighted by Gasteiger charge is 2.05. The summed E-state index contributed by atoms with van der Waals surface area (Å²) >= 11 is 0. The number of ether oxygens (including phenoxy) is 1. The summed E-state index contributed by atoms with van der Waals surface area (Å²) in [6, 6.07) is 0. The van der Waals surface area contributed by atoms with Gasteiger partial charge in [-0.15, -0.1) is 0 Å². The van der Waals surface area contributed by atoms with Gasteiger partial charge in [0.05, 0.1) is 6.10 Å². The molecule has 0 radical (unpaired) electrons. The van der Waals surface area contributed by atoms with E-state index in [1.807, 2.05) is 0 Å². The molecule has 0 unspecified atom stereocenters. The van der Waals surface area contributed by atoms with Crippen LogP contribution in [0.2, 0.25) is 0 Å². The predicted octanol–water partition coefficient (Wildman–Crippen LogP) is 1.02. The maximum absolute atomic E-state index is 9.03. The Kier molecular flexibility index (Phi) is 8.40. The molecule has 3 heteroatoms. The molecular weight excluding hydrogens is 166 g/mol. The van der Waals surface area contributed by atoms with Crippen LogP contribution in [0.25, 0.3) is 0 Å². The molecule has 0 aromatic carbocycles. The Hall–Kier alpha value is -0.120. The number of aliphatic hydroxyl groups is 1. The molecule has 80 valence electrons. The number of hydrogen-bond donors (Lipinski definition) is 2. The van der Waals surface area contributed by atoms with Crippen LogP contribution in [0.5, 0.6) is 0 Å². The van der Waals surface area contributed by atoms with E-state index >= 15 is 0 Å². The molecule has 0 aliphatic heterocycles. The predicted molar refractivity (Wildman–Crippen MR) is 54.8 cm³/mol. The van der Waals surface area contributed by atoms with Crippen molar-refractivity contribution >= 4 is 0 Å². The van der Waals surface area contributed by atoms with Crippen molar-refractivity contribution in [3.8, 4) is 0 Å². The van der Waals surface area contributed by atoms with Crippen molar-refractivity contribution in [2.75, 3.05) is 26.8 Å². The van der Waals surface area contributed by atoms with Crippen molar-refractivity contribution < 1.29 is 9.84 Å². The van der Waals surface area contributed by atoms with Gasteiger partial charge >= 0.3 is 0 Å². The van der Waals surface area contributed by atoms with Gasteiger partial charge in [0.1, 0.15) is 0 Å². The average Bonchev–Trinajstić information content (AvgIpc) is 2.10. The van der Waals surface area contributed by atoms with Gasteiger partial charge in [0, 0.05) is 20.3 Å². The average molecular weight is 189 g/mol. The number of rotatable bonds is 8. The van der Waals surface area contributed by atoms with E-state index in [0.29, 0.717) is 12.5 Å². The van der Waals surface area contributed by atoms with Gasteiger partial charge in [0.15, 0.2) is 0 Å². The summed E-state index contributed by atoms with van der Waals surface area (Å²) in [5.74, 6) is 0.665. The van der Waals surface area contributed by atoms with E-state index in [1.165, 1.54) is 0 Å². The van der Waals surface area contributed by atoms with Crippen molar-refractivity contribution in [1.29, 1.82) is 0 Å². The Labute approximate surface area is 81.5 Å². The molecule has 0 aromatic heterocycles. The van der Waals surface area contributed by atoms with Crippen LogP contribution in [0.15, 0.2) is 0 Å². The molecule has 0 heterocycles. The minimum atomic E-state index is -0.250. The van der Waals surface area contributed by atoms with E-state index in [4.69, 9.17) is 9.84 Å². The lowest BCUT2D eigenvalue weighted by Gasteiger charge is -2.15. The van der Waals surface area contributed by atoms with Crippen LogP contribution in [0, 0.1) is 5.92 Å². The first kappa shape index (κ1) is 12.9. The topological polar surface area (TPSA) is 41.5 Å². The van der Waals surface area contributed by atoms with Crippen molar-refractivity contribution in [1.82, 2.24) is 5.32 Å². The molecule has 0 fully saturated rings. The molecule has 2 atom stereocenters. The Balaban J connectivity index is 3.36. The van der Waals surface area contributed by atoms with E-state index in [-0.39, 0.29) is 6.10 Å². The zero-order valence-electron chi connectivity index (χ0n) is 9.05. The van der Waals surface area contributed by atoms with Crippen LogP contribution in [0.1, 0.15) is 26.7 Å². The van der Waals surface area contributed by atoms with Crippen molar-refractivity contribution in [2.45, 2.75) is 32.8 Å². The van der Waals surface area contributed by atoms with E-state index in [0.717, 1.165) is 26.0 Å². The summed E-state index contributed by atoms with van der Waals surface area (Å²) in [5.41, 5.74) is 0. The maximum Gasteiger partial charge on any atom is 0.0636 e. The SMILES string of the molecule is CC[C@@H](CCOC)CNC[C@H](C)O. The number of aliphatic hydroxyl groups excluding tert-OH is 1. The third kappa shape index (κ3) is 8.22. The fourth-order valence-electron chi connectivity index (χ4n) is 1.23. The van der Waals surface area contributed by atoms with Crippen molar-refractivity contribution in [2.24, 2.45) is 5.92 Å². The lowest BCUT2D eigenvalue weighted by molar-refractivity contribution is 0.168. The summed E-state index contributed by atoms with van der Waals surface area (Å²) in [4.78, 5) is 0.